The van der Waals surface area contributed by atoms with Gasteiger partial charge in [-0.3, -0.25) is 4.55 Å². The molecule has 0 aromatic rings. The first-order valence-electron chi connectivity index (χ1n) is 4.47. The molecule has 78 valence electrons. The highest BCUT2D eigenvalue weighted by atomic mass is 32.2. The van der Waals surface area contributed by atoms with Crippen molar-refractivity contribution in [2.75, 3.05) is 32.9 Å². The summed E-state index contributed by atoms with van der Waals surface area (Å²) in [4.78, 5) is 0. The van der Waals surface area contributed by atoms with Crippen LogP contribution in [0.4, 0.5) is 0 Å². The van der Waals surface area contributed by atoms with Crippen LogP contribution in [-0.2, 0) is 10.1 Å². The smallest absolute Gasteiger partial charge is 0.265 e. The minimum Gasteiger partial charge on any atom is -0.328 e. The molecule has 1 rings (SSSR count). The van der Waals surface area contributed by atoms with Crippen molar-refractivity contribution in [3.05, 3.63) is 0 Å². The molecule has 1 N–H and O–H groups in total. The Morgan fingerprint density at radius 2 is 1.92 bits per heavy atom. The highest BCUT2D eigenvalue weighted by Gasteiger charge is 2.39. The van der Waals surface area contributed by atoms with E-state index in [9.17, 15) is 8.42 Å². The molecule has 1 heterocycles. The molecular weight excluding hydrogens is 190 g/mol. The third kappa shape index (κ3) is 3.25. The van der Waals surface area contributed by atoms with E-state index in [0.29, 0.717) is 5.92 Å². The monoisotopic (exact) mass is 208 g/mol. The Morgan fingerprint density at radius 3 is 2.23 bits per heavy atom. The Labute approximate surface area is 79.9 Å². The lowest BCUT2D eigenvalue weighted by molar-refractivity contribution is -0.880. The van der Waals surface area contributed by atoms with E-state index in [1.54, 1.807) is 0 Å². The highest BCUT2D eigenvalue weighted by Crippen LogP contribution is 2.27. The molecule has 0 aromatic heterocycles. The molecule has 1 aliphatic heterocycles. The van der Waals surface area contributed by atoms with Crippen LogP contribution in [0.5, 0.6) is 0 Å². The van der Waals surface area contributed by atoms with Crippen LogP contribution in [-0.4, -0.2) is 50.4 Å². The van der Waals surface area contributed by atoms with Gasteiger partial charge in [0.15, 0.2) is 0 Å². The minimum absolute atomic E-state index is 0.0875. The van der Waals surface area contributed by atoms with Crippen molar-refractivity contribution >= 4 is 10.1 Å². The van der Waals surface area contributed by atoms with Crippen LogP contribution >= 0.6 is 0 Å². The summed E-state index contributed by atoms with van der Waals surface area (Å²) in [6, 6.07) is 0. The fourth-order valence-corrected chi connectivity index (χ4v) is 3.28. The van der Waals surface area contributed by atoms with E-state index in [4.69, 9.17) is 4.55 Å². The van der Waals surface area contributed by atoms with Crippen LogP contribution in [0.15, 0.2) is 0 Å². The number of quaternary nitrogens is 1. The van der Waals surface area contributed by atoms with Gasteiger partial charge in [-0.15, -0.1) is 0 Å². The van der Waals surface area contributed by atoms with Gasteiger partial charge in [0, 0.05) is 11.8 Å². The third-order valence-corrected chi connectivity index (χ3v) is 3.59. The van der Waals surface area contributed by atoms with Gasteiger partial charge in [0.2, 0.25) is 0 Å². The second-order valence-corrected chi connectivity index (χ2v) is 6.28. The average Bonchev–Trinajstić information content (AvgIpc) is 2.00. The van der Waals surface area contributed by atoms with E-state index in [0.717, 1.165) is 17.6 Å². The fraction of sp³-hybridized carbons (Fsp3) is 1.00. The average molecular weight is 208 g/mol. The predicted molar refractivity (Wildman–Crippen MR) is 50.9 cm³/mol. The molecule has 0 aliphatic carbocycles. The normalized spacial score (nSPS) is 33.5. The van der Waals surface area contributed by atoms with Crippen LogP contribution in [0.2, 0.25) is 0 Å². The molecule has 2 atom stereocenters. The van der Waals surface area contributed by atoms with Crippen molar-refractivity contribution in [1.82, 2.24) is 0 Å². The quantitative estimate of drug-likeness (QED) is 0.521. The van der Waals surface area contributed by atoms with Crippen LogP contribution in [0.1, 0.15) is 6.92 Å². The van der Waals surface area contributed by atoms with Crippen molar-refractivity contribution in [3.63, 3.8) is 0 Å². The van der Waals surface area contributed by atoms with Crippen molar-refractivity contribution in [1.29, 1.82) is 0 Å². The zero-order valence-electron chi connectivity index (χ0n) is 8.40. The van der Waals surface area contributed by atoms with Crippen molar-refractivity contribution < 1.29 is 17.5 Å². The summed E-state index contributed by atoms with van der Waals surface area (Å²) in [5, 5.41) is 0. The Balaban J connectivity index is 2.64. The van der Waals surface area contributed by atoms with Gasteiger partial charge in [0.25, 0.3) is 10.1 Å². The minimum atomic E-state index is -3.80. The van der Waals surface area contributed by atoms with Gasteiger partial charge in [0.1, 0.15) is 0 Å². The lowest BCUT2D eigenvalue weighted by Gasteiger charge is -2.23. The highest BCUT2D eigenvalue weighted by molar-refractivity contribution is 7.85. The Kier molecular flexibility index (Phi) is 2.71. The zero-order chi connectivity index (χ0) is 10.3. The molecule has 1 saturated heterocycles. The summed E-state index contributed by atoms with van der Waals surface area (Å²) in [7, 11) is 0.367. The lowest BCUT2D eigenvalue weighted by Crippen LogP contribution is -2.37. The molecule has 0 unspecified atom stereocenters. The molecule has 0 bridgehead atoms. The van der Waals surface area contributed by atoms with Gasteiger partial charge in [-0.1, -0.05) is 6.92 Å². The second-order valence-electron chi connectivity index (χ2n) is 4.79. The van der Waals surface area contributed by atoms with Gasteiger partial charge in [-0.2, -0.15) is 8.42 Å². The van der Waals surface area contributed by atoms with Crippen molar-refractivity contribution in [2.45, 2.75) is 6.92 Å². The van der Waals surface area contributed by atoms with Gasteiger partial charge in [-0.25, -0.2) is 0 Å². The maximum atomic E-state index is 10.7. The van der Waals surface area contributed by atoms with Crippen molar-refractivity contribution in [2.24, 2.45) is 11.8 Å². The van der Waals surface area contributed by atoms with E-state index in [-0.39, 0.29) is 11.7 Å². The number of rotatable bonds is 2. The third-order valence-electron chi connectivity index (χ3n) is 2.74. The maximum Gasteiger partial charge on any atom is 0.265 e. The summed E-state index contributed by atoms with van der Waals surface area (Å²) in [6.45, 7) is 3.87. The van der Waals surface area contributed by atoms with Gasteiger partial charge >= 0.3 is 0 Å². The second kappa shape index (κ2) is 3.22. The van der Waals surface area contributed by atoms with Crippen LogP contribution in [0.3, 0.4) is 0 Å². The summed E-state index contributed by atoms with van der Waals surface area (Å²) >= 11 is 0. The summed E-state index contributed by atoms with van der Waals surface area (Å²) < 4.78 is 31.0. The van der Waals surface area contributed by atoms with E-state index < -0.39 is 10.1 Å². The number of hydrogen-bond acceptors (Lipinski definition) is 2. The molecule has 0 saturated carbocycles. The first-order valence-corrected chi connectivity index (χ1v) is 6.08. The van der Waals surface area contributed by atoms with Gasteiger partial charge in [0.05, 0.1) is 32.9 Å². The molecule has 0 spiro atoms. The molecule has 0 amide bonds. The standard InChI is InChI=1S/C8H17NO3S/c1-7-4-9(2,3)5-8(7)6-13(10,11)12/h7-8H,4-6H2,1-3H3/p+1/t7-,8-/m1/s1. The molecule has 1 fully saturated rings. The van der Waals surface area contributed by atoms with Gasteiger partial charge in [-0.05, 0) is 0 Å². The van der Waals surface area contributed by atoms with Crippen molar-refractivity contribution in [3.8, 4) is 0 Å². The Morgan fingerprint density at radius 1 is 1.38 bits per heavy atom. The first kappa shape index (κ1) is 10.9. The van der Waals surface area contributed by atoms with Crippen LogP contribution in [0.25, 0.3) is 0 Å². The Hall–Kier alpha value is -0.130. The predicted octanol–water partition coefficient (Wildman–Crippen LogP) is 0.216. The molecule has 4 nitrogen and oxygen atoms in total. The van der Waals surface area contributed by atoms with E-state index in [1.165, 1.54) is 0 Å². The SMILES string of the molecule is C[C@@H]1C[N+](C)(C)C[C@@H]1CS(=O)(=O)O. The molecule has 5 heteroatoms. The summed E-state index contributed by atoms with van der Waals surface area (Å²) in [5.74, 6) is 0.387. The molecule has 0 radical (unpaired) electrons. The zero-order valence-corrected chi connectivity index (χ0v) is 9.21. The number of likely N-dealkylation sites (tertiary alicyclic amines) is 1. The molecule has 1 aliphatic rings. The Bertz CT molecular complexity index is 284. The first-order chi connectivity index (χ1) is 5.70. The van der Waals surface area contributed by atoms with E-state index in [1.807, 2.05) is 6.92 Å². The van der Waals surface area contributed by atoms with Crippen LogP contribution in [0, 0.1) is 11.8 Å². The summed E-state index contributed by atoms with van der Waals surface area (Å²) in [5.41, 5.74) is 0. The van der Waals surface area contributed by atoms with E-state index in [2.05, 4.69) is 14.1 Å². The largest absolute Gasteiger partial charge is 0.328 e. The maximum absolute atomic E-state index is 10.7. The molecule has 13 heavy (non-hydrogen) atoms. The topological polar surface area (TPSA) is 54.4 Å². The fourth-order valence-electron chi connectivity index (χ4n) is 2.31. The lowest BCUT2D eigenvalue weighted by atomic mass is 10.0. The molecular formula is C8H18NO3S+. The number of nitrogens with zero attached hydrogens (tertiary/aromatic N) is 1. The number of hydrogen-bond donors (Lipinski definition) is 1. The van der Waals surface area contributed by atoms with Gasteiger partial charge < -0.3 is 4.48 Å². The summed E-state index contributed by atoms with van der Waals surface area (Å²) in [6.07, 6.45) is 0. The van der Waals surface area contributed by atoms with E-state index >= 15 is 0 Å². The van der Waals surface area contributed by atoms with Crippen LogP contribution < -0.4 is 0 Å². The molecule has 0 aromatic carbocycles.